The van der Waals surface area contributed by atoms with Crippen LogP contribution in [0.25, 0.3) is 0 Å². The van der Waals surface area contributed by atoms with Crippen molar-refractivity contribution in [3.05, 3.63) is 36.0 Å². The Hall–Kier alpha value is -1.74. The molecular formula is C32H54O7Si. The first-order chi connectivity index (χ1) is 18.5. The van der Waals surface area contributed by atoms with Gasteiger partial charge in [-0.3, -0.25) is 9.59 Å². The van der Waals surface area contributed by atoms with Gasteiger partial charge in [0.1, 0.15) is 17.8 Å². The molecule has 40 heavy (non-hydrogen) atoms. The minimum atomic E-state index is -1.77. The Labute approximate surface area is 243 Å². The zero-order chi connectivity index (χ0) is 30.1. The molecule has 2 aliphatic heterocycles. The number of allylic oxidation sites excluding steroid dienone is 3. The number of aliphatic hydroxyl groups is 1. The van der Waals surface area contributed by atoms with E-state index in [-0.39, 0.29) is 23.2 Å². The summed E-state index contributed by atoms with van der Waals surface area (Å²) in [5, 5.41) is 11.1. The minimum Gasteiger partial charge on any atom is -0.457 e. The van der Waals surface area contributed by atoms with Crippen LogP contribution in [0.5, 0.6) is 0 Å². The molecule has 0 aromatic heterocycles. The molecule has 0 unspecified atom stereocenters. The van der Waals surface area contributed by atoms with Gasteiger partial charge in [0, 0.05) is 32.3 Å². The molecule has 228 valence electrons. The summed E-state index contributed by atoms with van der Waals surface area (Å²) in [6.45, 7) is 18.5. The van der Waals surface area contributed by atoms with E-state index in [2.05, 4.69) is 46.9 Å². The summed E-state index contributed by atoms with van der Waals surface area (Å²) >= 11 is 0. The second kappa shape index (κ2) is 14.9. The fraction of sp³-hybridized carbons (Fsp3) is 0.750. The van der Waals surface area contributed by atoms with Crippen LogP contribution in [0.3, 0.4) is 0 Å². The molecule has 0 radical (unpaired) electrons. The van der Waals surface area contributed by atoms with Gasteiger partial charge in [-0.1, -0.05) is 45.1 Å². The number of hydrogen-bond acceptors (Lipinski definition) is 7. The molecule has 2 heterocycles. The summed E-state index contributed by atoms with van der Waals surface area (Å²) in [4.78, 5) is 24.0. The van der Waals surface area contributed by atoms with E-state index in [1.165, 1.54) is 6.92 Å². The number of hydrogen-bond donors (Lipinski definition) is 1. The maximum absolute atomic E-state index is 12.4. The Morgan fingerprint density at radius 1 is 1.25 bits per heavy atom. The van der Waals surface area contributed by atoms with Crippen LogP contribution in [-0.4, -0.2) is 61.5 Å². The van der Waals surface area contributed by atoms with E-state index in [9.17, 15) is 14.7 Å². The van der Waals surface area contributed by atoms with Crippen molar-refractivity contribution in [2.24, 2.45) is 0 Å². The van der Waals surface area contributed by atoms with Crippen molar-refractivity contribution >= 4 is 20.3 Å². The number of rotatable bonds is 10. The highest BCUT2D eigenvalue weighted by Crippen LogP contribution is 2.39. The van der Waals surface area contributed by atoms with E-state index in [1.807, 2.05) is 25.2 Å². The van der Waals surface area contributed by atoms with Crippen LogP contribution in [-0.2, 0) is 28.2 Å². The molecule has 6 atom stereocenters. The van der Waals surface area contributed by atoms with Crippen LogP contribution in [0.4, 0.5) is 0 Å². The Balaban J connectivity index is 1.88. The first-order valence-electron chi connectivity index (χ1n) is 14.9. The smallest absolute Gasteiger partial charge is 0.306 e. The molecule has 0 saturated carbocycles. The highest BCUT2D eigenvalue weighted by Gasteiger charge is 2.42. The average molecular weight is 579 g/mol. The summed E-state index contributed by atoms with van der Waals surface area (Å²) in [5.74, 6) is -0.682. The molecule has 1 saturated heterocycles. The zero-order valence-corrected chi connectivity index (χ0v) is 27.3. The van der Waals surface area contributed by atoms with E-state index in [0.29, 0.717) is 38.2 Å². The molecule has 0 bridgehead atoms. The number of carbonyl (C=O) groups is 2. The standard InChI is InChI=1S/C32H54O7Si/c1-23(16-11-10-12-17-27-28(37-27)22-24(2)39-40(8,9)31(4,5)6)26-18-15-19-29(36-25(3)33)32(7,35)21-14-13-20-30(34)38-26/h10-11,15-16,19,24,26-29,35H,12-14,17-18,20-22H2,1-9H3/b11-10+,19-15+,23-16+/t24-,26-,27+,28+,29-,32+/m0/s1. The number of esters is 2. The molecule has 0 aromatic carbocycles. The molecule has 0 spiro atoms. The molecule has 8 heteroatoms. The van der Waals surface area contributed by atoms with Gasteiger partial charge in [-0.15, -0.1) is 0 Å². The quantitative estimate of drug-likeness (QED) is 0.0985. The van der Waals surface area contributed by atoms with Crippen LogP contribution in [0.15, 0.2) is 36.0 Å². The van der Waals surface area contributed by atoms with Crippen molar-refractivity contribution in [3.63, 3.8) is 0 Å². The summed E-state index contributed by atoms with van der Waals surface area (Å²) in [7, 11) is -1.77. The third-order valence-electron chi connectivity index (χ3n) is 8.33. The fourth-order valence-corrected chi connectivity index (χ4v) is 6.15. The molecule has 7 nitrogen and oxygen atoms in total. The van der Waals surface area contributed by atoms with Crippen LogP contribution in [0, 0.1) is 0 Å². The first-order valence-corrected chi connectivity index (χ1v) is 17.8. The van der Waals surface area contributed by atoms with Crippen LogP contribution >= 0.6 is 0 Å². The second-order valence-corrected chi connectivity index (χ2v) is 18.0. The second-order valence-electron chi connectivity index (χ2n) is 13.3. The van der Waals surface area contributed by atoms with Gasteiger partial charge in [0.2, 0.25) is 0 Å². The van der Waals surface area contributed by atoms with Crippen molar-refractivity contribution in [1.82, 2.24) is 0 Å². The molecule has 0 aliphatic carbocycles. The lowest BCUT2D eigenvalue weighted by Crippen LogP contribution is -2.43. The van der Waals surface area contributed by atoms with Crippen LogP contribution in [0.2, 0.25) is 18.1 Å². The summed E-state index contributed by atoms with van der Waals surface area (Å²) in [6.07, 6.45) is 14.4. The first kappa shape index (κ1) is 34.5. The van der Waals surface area contributed by atoms with Gasteiger partial charge in [0.25, 0.3) is 0 Å². The number of cyclic esters (lactones) is 1. The van der Waals surface area contributed by atoms with Gasteiger partial charge < -0.3 is 23.7 Å². The van der Waals surface area contributed by atoms with Crippen molar-refractivity contribution in [1.29, 1.82) is 0 Å². The lowest BCUT2D eigenvalue weighted by atomic mass is 9.91. The predicted octanol–water partition coefficient (Wildman–Crippen LogP) is 6.95. The molecule has 2 rings (SSSR count). The van der Waals surface area contributed by atoms with Gasteiger partial charge in [-0.25, -0.2) is 0 Å². The Kier molecular flexibility index (Phi) is 12.9. The average Bonchev–Trinajstić information content (AvgIpc) is 3.55. The fourth-order valence-electron chi connectivity index (χ4n) is 4.70. The third-order valence-corrected chi connectivity index (χ3v) is 12.9. The number of ether oxygens (including phenoxy) is 3. The molecular weight excluding hydrogens is 524 g/mol. The largest absolute Gasteiger partial charge is 0.457 e. The topological polar surface area (TPSA) is 94.6 Å². The van der Waals surface area contributed by atoms with E-state index in [4.69, 9.17) is 18.6 Å². The molecule has 1 fully saturated rings. The van der Waals surface area contributed by atoms with E-state index in [0.717, 1.165) is 24.8 Å². The number of epoxide rings is 1. The van der Waals surface area contributed by atoms with E-state index >= 15 is 0 Å². The van der Waals surface area contributed by atoms with Crippen molar-refractivity contribution in [2.75, 3.05) is 0 Å². The molecule has 1 N–H and O–H groups in total. The summed E-state index contributed by atoms with van der Waals surface area (Å²) in [5.41, 5.74) is -0.270. The highest BCUT2D eigenvalue weighted by atomic mass is 28.4. The summed E-state index contributed by atoms with van der Waals surface area (Å²) < 4.78 is 23.5. The van der Waals surface area contributed by atoms with E-state index < -0.39 is 32.1 Å². The van der Waals surface area contributed by atoms with Crippen LogP contribution < -0.4 is 0 Å². The SMILES string of the molecule is CC(=O)O[C@H]1/C=C/C[C@@H](/C(C)=C/C=C/CC[C@H]2O[C@@H]2C[C@H](C)O[Si](C)(C)C(C)(C)C)OC(=O)CCCC[C@@]1(C)O. The highest BCUT2D eigenvalue weighted by molar-refractivity contribution is 6.74. The predicted molar refractivity (Wildman–Crippen MR) is 161 cm³/mol. The van der Waals surface area contributed by atoms with E-state index in [1.54, 1.807) is 13.0 Å². The lowest BCUT2D eigenvalue weighted by Gasteiger charge is -2.38. The Morgan fingerprint density at radius 3 is 2.60 bits per heavy atom. The normalized spacial score (nSPS) is 30.6. The van der Waals surface area contributed by atoms with Gasteiger partial charge in [0.15, 0.2) is 8.32 Å². The lowest BCUT2D eigenvalue weighted by molar-refractivity contribution is -0.156. The van der Waals surface area contributed by atoms with Crippen LogP contribution in [0.1, 0.15) is 99.8 Å². The van der Waals surface area contributed by atoms with Crippen molar-refractivity contribution < 1.29 is 33.3 Å². The van der Waals surface area contributed by atoms with Gasteiger partial charge in [-0.05, 0) is 82.7 Å². The van der Waals surface area contributed by atoms with Gasteiger partial charge in [0.05, 0.1) is 12.2 Å². The van der Waals surface area contributed by atoms with Gasteiger partial charge in [-0.2, -0.15) is 0 Å². The minimum absolute atomic E-state index is 0.204. The monoisotopic (exact) mass is 578 g/mol. The Morgan fingerprint density at radius 2 is 1.95 bits per heavy atom. The summed E-state index contributed by atoms with van der Waals surface area (Å²) in [6, 6.07) is 0. The number of carbonyl (C=O) groups excluding carboxylic acids is 2. The molecule has 0 amide bonds. The maximum atomic E-state index is 12.4. The van der Waals surface area contributed by atoms with Crippen molar-refractivity contribution in [2.45, 2.75) is 154 Å². The van der Waals surface area contributed by atoms with Gasteiger partial charge >= 0.3 is 11.9 Å². The third kappa shape index (κ3) is 11.6. The Bertz CT molecular complexity index is 928. The molecule has 0 aromatic rings. The van der Waals surface area contributed by atoms with Crippen molar-refractivity contribution in [3.8, 4) is 0 Å². The zero-order valence-electron chi connectivity index (χ0n) is 26.3. The molecule has 2 aliphatic rings. The maximum Gasteiger partial charge on any atom is 0.306 e.